The van der Waals surface area contributed by atoms with Crippen LogP contribution in [0.15, 0.2) is 59.5 Å². The Morgan fingerprint density at radius 2 is 1.40 bits per heavy atom. The third-order valence-electron chi connectivity index (χ3n) is 3.23. The second-order valence-electron chi connectivity index (χ2n) is 5.12. The lowest BCUT2D eigenvalue weighted by Gasteiger charge is -2.11. The van der Waals surface area contributed by atoms with Gasteiger partial charge in [0.05, 0.1) is 4.90 Å². The molecule has 0 bridgehead atoms. The summed E-state index contributed by atoms with van der Waals surface area (Å²) in [6, 6.07) is 16.7. The highest BCUT2D eigenvalue weighted by Gasteiger charge is 2.10. The first kappa shape index (κ1) is 14.8. The molecule has 0 fully saturated rings. The van der Waals surface area contributed by atoms with Gasteiger partial charge in [0.15, 0.2) is 0 Å². The van der Waals surface area contributed by atoms with Gasteiger partial charge in [-0.05, 0) is 42.0 Å². The van der Waals surface area contributed by atoms with E-state index in [-0.39, 0.29) is 4.90 Å². The lowest BCUT2D eigenvalue weighted by molar-refractivity contribution is 0.483. The van der Waals surface area contributed by atoms with Crippen LogP contribution < -0.4 is 0 Å². The Kier molecular flexibility index (Phi) is 4.57. The SMILES string of the molecule is CC(Cc1ccccc1)Cc1ccc(S(=O)(=O)O)cc1. The summed E-state index contributed by atoms with van der Waals surface area (Å²) in [4.78, 5) is -0.0584. The van der Waals surface area contributed by atoms with Gasteiger partial charge in [-0.2, -0.15) is 8.42 Å². The highest BCUT2D eigenvalue weighted by Crippen LogP contribution is 2.16. The molecule has 0 radical (unpaired) electrons. The van der Waals surface area contributed by atoms with Crippen molar-refractivity contribution in [2.75, 3.05) is 0 Å². The molecule has 0 amide bonds. The third-order valence-corrected chi connectivity index (χ3v) is 4.10. The summed E-state index contributed by atoms with van der Waals surface area (Å²) in [5.74, 6) is 0.467. The summed E-state index contributed by atoms with van der Waals surface area (Å²) < 4.78 is 30.9. The second-order valence-corrected chi connectivity index (χ2v) is 6.54. The molecule has 106 valence electrons. The van der Waals surface area contributed by atoms with E-state index in [9.17, 15) is 8.42 Å². The summed E-state index contributed by atoms with van der Waals surface area (Å²) in [5, 5.41) is 0. The molecule has 0 heterocycles. The first-order valence-corrected chi connectivity index (χ1v) is 7.99. The summed E-state index contributed by atoms with van der Waals surface area (Å²) in [6.45, 7) is 2.17. The Balaban J connectivity index is 2.00. The van der Waals surface area contributed by atoms with Crippen LogP contribution in [0.5, 0.6) is 0 Å². The van der Waals surface area contributed by atoms with Crippen molar-refractivity contribution in [2.24, 2.45) is 5.92 Å². The lowest BCUT2D eigenvalue weighted by atomic mass is 9.94. The monoisotopic (exact) mass is 290 g/mol. The zero-order chi connectivity index (χ0) is 14.6. The van der Waals surface area contributed by atoms with Crippen LogP contribution in [0, 0.1) is 5.92 Å². The normalized spacial score (nSPS) is 13.1. The molecule has 2 rings (SSSR count). The molecule has 0 aliphatic rings. The number of benzene rings is 2. The minimum absolute atomic E-state index is 0.0584. The van der Waals surface area contributed by atoms with Gasteiger partial charge in [-0.15, -0.1) is 0 Å². The van der Waals surface area contributed by atoms with Crippen LogP contribution >= 0.6 is 0 Å². The number of hydrogen-bond donors (Lipinski definition) is 1. The summed E-state index contributed by atoms with van der Waals surface area (Å²) in [6.07, 6.45) is 1.86. The summed E-state index contributed by atoms with van der Waals surface area (Å²) >= 11 is 0. The van der Waals surface area contributed by atoms with Gasteiger partial charge in [-0.3, -0.25) is 4.55 Å². The Bertz CT molecular complexity index is 646. The smallest absolute Gasteiger partial charge is 0.282 e. The van der Waals surface area contributed by atoms with Crippen LogP contribution in [-0.4, -0.2) is 13.0 Å². The molecule has 1 N–H and O–H groups in total. The largest absolute Gasteiger partial charge is 0.294 e. The summed E-state index contributed by atoms with van der Waals surface area (Å²) in [7, 11) is -4.10. The Morgan fingerprint density at radius 1 is 0.900 bits per heavy atom. The maximum absolute atomic E-state index is 11.0. The standard InChI is InChI=1S/C16H18O3S/c1-13(11-14-5-3-2-4-6-14)12-15-7-9-16(10-8-15)20(17,18)19/h2-10,13H,11-12H2,1H3,(H,17,18,19). The first-order valence-electron chi connectivity index (χ1n) is 6.55. The minimum atomic E-state index is -4.10. The molecule has 1 atom stereocenters. The van der Waals surface area contributed by atoms with E-state index in [1.807, 2.05) is 18.2 Å². The van der Waals surface area contributed by atoms with Crippen LogP contribution in [0.4, 0.5) is 0 Å². The highest BCUT2D eigenvalue weighted by molar-refractivity contribution is 7.85. The lowest BCUT2D eigenvalue weighted by Crippen LogP contribution is -2.04. The van der Waals surface area contributed by atoms with Crippen LogP contribution in [0.25, 0.3) is 0 Å². The number of rotatable bonds is 5. The molecule has 0 saturated carbocycles. The van der Waals surface area contributed by atoms with Gasteiger partial charge in [-0.25, -0.2) is 0 Å². The van der Waals surface area contributed by atoms with E-state index in [1.165, 1.54) is 17.7 Å². The molecule has 2 aromatic rings. The molecular formula is C16H18O3S. The molecule has 0 aliphatic carbocycles. The van der Waals surface area contributed by atoms with Crippen molar-refractivity contribution < 1.29 is 13.0 Å². The molecule has 0 aromatic heterocycles. The van der Waals surface area contributed by atoms with E-state index in [0.717, 1.165) is 18.4 Å². The maximum atomic E-state index is 11.0. The zero-order valence-corrected chi connectivity index (χ0v) is 12.2. The quantitative estimate of drug-likeness (QED) is 0.859. The third kappa shape index (κ3) is 4.18. The van der Waals surface area contributed by atoms with E-state index in [1.54, 1.807) is 12.1 Å². The van der Waals surface area contributed by atoms with Crippen molar-refractivity contribution in [3.63, 3.8) is 0 Å². The molecule has 0 spiro atoms. The molecule has 0 aliphatic heterocycles. The topological polar surface area (TPSA) is 54.4 Å². The zero-order valence-electron chi connectivity index (χ0n) is 11.4. The average molecular weight is 290 g/mol. The molecule has 3 nitrogen and oxygen atoms in total. The second kappa shape index (κ2) is 6.20. The molecule has 4 heteroatoms. The minimum Gasteiger partial charge on any atom is -0.282 e. The van der Waals surface area contributed by atoms with E-state index in [4.69, 9.17) is 4.55 Å². The van der Waals surface area contributed by atoms with Crippen LogP contribution in [0.1, 0.15) is 18.1 Å². The van der Waals surface area contributed by atoms with Gasteiger partial charge in [0, 0.05) is 0 Å². The molecule has 0 saturated heterocycles. The molecular weight excluding hydrogens is 272 g/mol. The van der Waals surface area contributed by atoms with E-state index >= 15 is 0 Å². The van der Waals surface area contributed by atoms with Gasteiger partial charge in [0.1, 0.15) is 0 Å². The van der Waals surface area contributed by atoms with Crippen LogP contribution in [-0.2, 0) is 23.0 Å². The fourth-order valence-corrected chi connectivity index (χ4v) is 2.77. The molecule has 20 heavy (non-hydrogen) atoms. The van der Waals surface area contributed by atoms with Gasteiger partial charge >= 0.3 is 0 Å². The Morgan fingerprint density at radius 3 is 1.90 bits per heavy atom. The summed E-state index contributed by atoms with van der Waals surface area (Å²) in [5.41, 5.74) is 2.37. The fraction of sp³-hybridized carbons (Fsp3) is 0.250. The average Bonchev–Trinajstić information content (AvgIpc) is 2.39. The van der Waals surface area contributed by atoms with E-state index in [0.29, 0.717) is 5.92 Å². The first-order chi connectivity index (χ1) is 9.45. The fourth-order valence-electron chi connectivity index (χ4n) is 2.29. The molecule has 1 unspecified atom stereocenters. The Labute approximate surface area is 120 Å². The van der Waals surface area contributed by atoms with Gasteiger partial charge < -0.3 is 0 Å². The Hall–Kier alpha value is -1.65. The van der Waals surface area contributed by atoms with Gasteiger partial charge in [-0.1, -0.05) is 49.4 Å². The van der Waals surface area contributed by atoms with Gasteiger partial charge in [0.25, 0.3) is 10.1 Å². The van der Waals surface area contributed by atoms with E-state index < -0.39 is 10.1 Å². The predicted molar refractivity (Wildman–Crippen MR) is 79.3 cm³/mol. The van der Waals surface area contributed by atoms with Crippen molar-refractivity contribution >= 4 is 10.1 Å². The van der Waals surface area contributed by atoms with Crippen molar-refractivity contribution in [1.82, 2.24) is 0 Å². The van der Waals surface area contributed by atoms with Gasteiger partial charge in [0.2, 0.25) is 0 Å². The highest BCUT2D eigenvalue weighted by atomic mass is 32.2. The maximum Gasteiger partial charge on any atom is 0.294 e. The van der Waals surface area contributed by atoms with Crippen molar-refractivity contribution in [2.45, 2.75) is 24.7 Å². The van der Waals surface area contributed by atoms with Crippen LogP contribution in [0.3, 0.4) is 0 Å². The van der Waals surface area contributed by atoms with Crippen LogP contribution in [0.2, 0.25) is 0 Å². The number of hydrogen-bond acceptors (Lipinski definition) is 2. The molecule has 2 aromatic carbocycles. The predicted octanol–water partition coefficient (Wildman–Crippen LogP) is 3.35. The van der Waals surface area contributed by atoms with E-state index in [2.05, 4.69) is 19.1 Å². The van der Waals surface area contributed by atoms with Crippen molar-refractivity contribution in [3.05, 3.63) is 65.7 Å². The van der Waals surface area contributed by atoms with Crippen molar-refractivity contribution in [1.29, 1.82) is 0 Å². The van der Waals surface area contributed by atoms with Crippen molar-refractivity contribution in [3.8, 4) is 0 Å².